The highest BCUT2D eigenvalue weighted by atomic mass is 16.4. The summed E-state index contributed by atoms with van der Waals surface area (Å²) in [5.74, 6) is 0.966. The summed E-state index contributed by atoms with van der Waals surface area (Å²) >= 11 is 0. The Morgan fingerprint density at radius 3 is 2.95 bits per heavy atom. The third-order valence-corrected chi connectivity index (χ3v) is 5.86. The number of carbonyl (C=O) groups excluding carboxylic acids is 1. The Hall–Kier alpha value is -1.72. The number of carboxylic acid groups (broad SMARTS) is 1. The van der Waals surface area contributed by atoms with E-state index in [9.17, 15) is 14.7 Å². The maximum Gasteiger partial charge on any atom is 0.407 e. The van der Waals surface area contributed by atoms with Crippen molar-refractivity contribution in [2.24, 2.45) is 11.8 Å². The van der Waals surface area contributed by atoms with Gasteiger partial charge in [0.2, 0.25) is 5.91 Å². The lowest BCUT2D eigenvalue weighted by molar-refractivity contribution is -0.141. The van der Waals surface area contributed by atoms with Gasteiger partial charge in [0, 0.05) is 31.8 Å². The number of hydrogen-bond donors (Lipinski definition) is 1. The van der Waals surface area contributed by atoms with E-state index in [0.717, 1.165) is 19.3 Å². The van der Waals surface area contributed by atoms with E-state index < -0.39 is 6.09 Å². The lowest BCUT2D eigenvalue weighted by Crippen LogP contribution is -2.61. The number of piperazine rings is 1. The third kappa shape index (κ3) is 1.71. The average molecular weight is 291 g/mol. The highest BCUT2D eigenvalue weighted by Gasteiger charge is 2.55. The monoisotopic (exact) mass is 291 g/mol. The molecular formula is C15H21N3O3. The van der Waals surface area contributed by atoms with Crippen LogP contribution in [0.5, 0.6) is 0 Å². The van der Waals surface area contributed by atoms with Gasteiger partial charge in [0.1, 0.15) is 0 Å². The zero-order valence-electron chi connectivity index (χ0n) is 12.2. The molecular weight excluding hydrogens is 270 g/mol. The fourth-order valence-electron chi connectivity index (χ4n) is 4.90. The summed E-state index contributed by atoms with van der Waals surface area (Å²) < 4.78 is 0. The first-order valence-electron chi connectivity index (χ1n) is 7.78. The minimum absolute atomic E-state index is 0.194. The van der Waals surface area contributed by atoms with Crippen molar-refractivity contribution in [2.75, 3.05) is 26.7 Å². The van der Waals surface area contributed by atoms with Crippen LogP contribution >= 0.6 is 0 Å². The molecule has 3 fully saturated rings. The first-order chi connectivity index (χ1) is 10.1. The van der Waals surface area contributed by atoms with Crippen molar-refractivity contribution in [1.29, 1.82) is 0 Å². The zero-order chi connectivity index (χ0) is 14.7. The van der Waals surface area contributed by atoms with Crippen molar-refractivity contribution in [3.05, 3.63) is 11.8 Å². The van der Waals surface area contributed by atoms with E-state index in [1.54, 1.807) is 0 Å². The van der Waals surface area contributed by atoms with Crippen LogP contribution in [-0.2, 0) is 4.79 Å². The van der Waals surface area contributed by atoms with Crippen LogP contribution in [0.25, 0.3) is 0 Å². The molecule has 1 aliphatic carbocycles. The molecule has 4 rings (SSSR count). The Bertz CT molecular complexity index is 532. The standard InChI is InChI=1S/C15H21N3O3/c1-16-12-4-2-3-9-10-7-17(15(20)21)6-5-11(10)18(14(9)12)8-13(16)19/h5,9-10,12,14H,2-4,6-8H2,1H3,(H,20,21). The van der Waals surface area contributed by atoms with Crippen molar-refractivity contribution < 1.29 is 14.7 Å². The van der Waals surface area contributed by atoms with E-state index >= 15 is 0 Å². The van der Waals surface area contributed by atoms with E-state index in [1.807, 2.05) is 18.0 Å². The summed E-state index contributed by atoms with van der Waals surface area (Å²) in [4.78, 5) is 29.2. The molecule has 4 atom stereocenters. The molecule has 0 bridgehead atoms. The minimum atomic E-state index is -0.837. The number of amides is 2. The van der Waals surface area contributed by atoms with Gasteiger partial charge in [0.15, 0.2) is 0 Å². The predicted molar refractivity (Wildman–Crippen MR) is 75.6 cm³/mol. The summed E-state index contributed by atoms with van der Waals surface area (Å²) in [7, 11) is 1.92. The van der Waals surface area contributed by atoms with Gasteiger partial charge in [0.05, 0.1) is 18.6 Å². The van der Waals surface area contributed by atoms with Gasteiger partial charge in [0.25, 0.3) is 0 Å². The van der Waals surface area contributed by atoms with Gasteiger partial charge in [-0.25, -0.2) is 4.79 Å². The molecule has 3 aliphatic heterocycles. The minimum Gasteiger partial charge on any atom is -0.465 e. The third-order valence-electron chi connectivity index (χ3n) is 5.86. The molecule has 0 aromatic heterocycles. The van der Waals surface area contributed by atoms with Gasteiger partial charge in [-0.15, -0.1) is 0 Å². The Labute approximate surface area is 124 Å². The summed E-state index contributed by atoms with van der Waals surface area (Å²) in [5, 5.41) is 9.25. The van der Waals surface area contributed by atoms with Gasteiger partial charge < -0.3 is 19.8 Å². The molecule has 0 spiro atoms. The molecule has 0 aromatic carbocycles. The van der Waals surface area contributed by atoms with Crippen molar-refractivity contribution in [3.63, 3.8) is 0 Å². The Morgan fingerprint density at radius 1 is 1.38 bits per heavy atom. The molecule has 0 aromatic rings. The van der Waals surface area contributed by atoms with Crippen molar-refractivity contribution in [2.45, 2.75) is 31.3 Å². The second-order valence-corrected chi connectivity index (χ2v) is 6.71. The summed E-state index contributed by atoms with van der Waals surface area (Å²) in [5.41, 5.74) is 1.23. The van der Waals surface area contributed by atoms with Crippen LogP contribution in [-0.4, -0.2) is 70.6 Å². The molecule has 1 saturated carbocycles. The molecule has 6 heteroatoms. The normalized spacial score (nSPS) is 38.0. The number of fused-ring (bicyclic) bond motifs is 3. The molecule has 0 radical (unpaired) electrons. The van der Waals surface area contributed by atoms with Crippen LogP contribution in [0.1, 0.15) is 19.3 Å². The van der Waals surface area contributed by atoms with E-state index in [0.29, 0.717) is 37.6 Å². The Balaban J connectivity index is 1.70. The number of hydrogen-bond acceptors (Lipinski definition) is 3. The molecule has 2 saturated heterocycles. The topological polar surface area (TPSA) is 64.1 Å². The maximum absolute atomic E-state index is 12.2. The van der Waals surface area contributed by atoms with Crippen LogP contribution in [0.2, 0.25) is 0 Å². The second-order valence-electron chi connectivity index (χ2n) is 6.71. The van der Waals surface area contributed by atoms with Gasteiger partial charge >= 0.3 is 6.09 Å². The van der Waals surface area contributed by atoms with E-state index in [1.165, 1.54) is 10.6 Å². The summed E-state index contributed by atoms with van der Waals surface area (Å²) in [6.45, 7) is 1.50. The molecule has 21 heavy (non-hydrogen) atoms. The number of nitrogens with zero attached hydrogens (tertiary/aromatic N) is 3. The molecule has 4 unspecified atom stereocenters. The van der Waals surface area contributed by atoms with Crippen molar-refractivity contribution in [1.82, 2.24) is 14.7 Å². The van der Waals surface area contributed by atoms with Crippen LogP contribution in [0.15, 0.2) is 11.8 Å². The predicted octanol–water partition coefficient (Wildman–Crippen LogP) is 0.805. The second kappa shape index (κ2) is 4.39. The molecule has 6 nitrogen and oxygen atoms in total. The molecule has 3 heterocycles. The van der Waals surface area contributed by atoms with E-state index in [2.05, 4.69) is 4.90 Å². The highest BCUT2D eigenvalue weighted by molar-refractivity contribution is 5.80. The molecule has 4 aliphatic rings. The highest BCUT2D eigenvalue weighted by Crippen LogP contribution is 2.49. The lowest BCUT2D eigenvalue weighted by Gasteiger charge is -2.48. The molecule has 2 amide bonds. The largest absolute Gasteiger partial charge is 0.465 e. The van der Waals surface area contributed by atoms with Gasteiger partial charge in [-0.05, 0) is 24.8 Å². The van der Waals surface area contributed by atoms with Crippen molar-refractivity contribution in [3.8, 4) is 0 Å². The smallest absolute Gasteiger partial charge is 0.407 e. The van der Waals surface area contributed by atoms with Crippen LogP contribution in [0, 0.1) is 11.8 Å². The van der Waals surface area contributed by atoms with Crippen LogP contribution < -0.4 is 0 Å². The zero-order valence-corrected chi connectivity index (χ0v) is 12.2. The number of rotatable bonds is 0. The number of carbonyl (C=O) groups is 2. The van der Waals surface area contributed by atoms with Crippen molar-refractivity contribution >= 4 is 12.0 Å². The van der Waals surface area contributed by atoms with Gasteiger partial charge in [-0.1, -0.05) is 6.42 Å². The van der Waals surface area contributed by atoms with Gasteiger partial charge in [-0.2, -0.15) is 0 Å². The van der Waals surface area contributed by atoms with Crippen LogP contribution in [0.4, 0.5) is 4.79 Å². The summed E-state index contributed by atoms with van der Waals surface area (Å²) in [6, 6.07) is 0.696. The quantitative estimate of drug-likeness (QED) is 0.717. The fraction of sp³-hybridized carbons (Fsp3) is 0.733. The first-order valence-corrected chi connectivity index (χ1v) is 7.78. The SMILES string of the molecule is CN1C(=O)CN2C3=CCN(C(=O)O)CC3C3CCCC1C32. The first kappa shape index (κ1) is 13.0. The maximum atomic E-state index is 12.2. The molecule has 1 N–H and O–H groups in total. The van der Waals surface area contributed by atoms with E-state index in [-0.39, 0.29) is 11.8 Å². The van der Waals surface area contributed by atoms with E-state index in [4.69, 9.17) is 0 Å². The molecule has 114 valence electrons. The summed E-state index contributed by atoms with van der Waals surface area (Å²) in [6.07, 6.45) is 4.55. The number of likely N-dealkylation sites (N-methyl/N-ethyl adjacent to an activating group) is 1. The lowest BCUT2D eigenvalue weighted by atomic mass is 9.75. The fourth-order valence-corrected chi connectivity index (χ4v) is 4.90. The van der Waals surface area contributed by atoms with Crippen LogP contribution in [0.3, 0.4) is 0 Å². The van der Waals surface area contributed by atoms with Gasteiger partial charge in [-0.3, -0.25) is 4.79 Å². The average Bonchev–Trinajstić information content (AvgIpc) is 2.79. The Kier molecular flexibility index (Phi) is 2.71. The Morgan fingerprint density at radius 2 is 2.19 bits per heavy atom.